The fraction of sp³-hybridized carbons (Fsp3) is 0.235. The summed E-state index contributed by atoms with van der Waals surface area (Å²) in [5.41, 5.74) is 11.0. The Morgan fingerprint density at radius 3 is 2.52 bits per heavy atom. The number of benzene rings is 2. The molecule has 4 heteroatoms. The zero-order chi connectivity index (χ0) is 14.4. The first-order chi connectivity index (χ1) is 10.3. The number of nitrogen functional groups attached to an aromatic ring is 1. The summed E-state index contributed by atoms with van der Waals surface area (Å²) in [4.78, 5) is 4.48. The molecule has 106 valence electrons. The topological polar surface area (TPSA) is 53.1 Å². The minimum absolute atomic E-state index is 0.333. The third kappa shape index (κ3) is 1.87. The van der Waals surface area contributed by atoms with Gasteiger partial charge in [0.25, 0.3) is 0 Å². The van der Waals surface area contributed by atoms with E-state index in [-0.39, 0.29) is 0 Å². The third-order valence-corrected chi connectivity index (χ3v) is 4.32. The number of ether oxygens (including phenoxy) is 1. The average Bonchev–Trinajstić information content (AvgIpc) is 3.05. The van der Waals surface area contributed by atoms with Crippen LogP contribution in [0.5, 0.6) is 5.75 Å². The van der Waals surface area contributed by atoms with Crippen molar-refractivity contribution < 1.29 is 4.74 Å². The van der Waals surface area contributed by atoms with Crippen LogP contribution in [0, 0.1) is 0 Å². The summed E-state index contributed by atoms with van der Waals surface area (Å²) in [6, 6.07) is 14.8. The van der Waals surface area contributed by atoms with E-state index in [1.165, 1.54) is 11.1 Å². The van der Waals surface area contributed by atoms with Gasteiger partial charge < -0.3 is 15.0 Å². The van der Waals surface area contributed by atoms with Gasteiger partial charge in [-0.3, -0.25) is 0 Å². The smallest absolute Gasteiger partial charge is 0.201 e. The Kier molecular flexibility index (Phi) is 2.64. The Morgan fingerprint density at radius 2 is 1.86 bits per heavy atom. The van der Waals surface area contributed by atoms with E-state index in [4.69, 9.17) is 10.5 Å². The lowest BCUT2D eigenvalue weighted by atomic mass is 10.1. The van der Waals surface area contributed by atoms with Crippen molar-refractivity contribution in [3.8, 4) is 5.75 Å². The Labute approximate surface area is 123 Å². The Balaban J connectivity index is 1.82. The molecule has 21 heavy (non-hydrogen) atoms. The van der Waals surface area contributed by atoms with Gasteiger partial charge in [0.1, 0.15) is 5.75 Å². The Bertz CT molecular complexity index is 797. The molecular weight excluding hydrogens is 262 g/mol. The van der Waals surface area contributed by atoms with Crippen LogP contribution in [0.25, 0.3) is 11.0 Å². The van der Waals surface area contributed by atoms with Crippen molar-refractivity contribution in [1.82, 2.24) is 9.55 Å². The van der Waals surface area contributed by atoms with Gasteiger partial charge >= 0.3 is 0 Å². The highest BCUT2D eigenvalue weighted by Crippen LogP contribution is 2.35. The Hall–Kier alpha value is -2.49. The summed E-state index contributed by atoms with van der Waals surface area (Å²) in [6.45, 7) is 0. The molecule has 0 bridgehead atoms. The number of fused-ring (bicyclic) bond motifs is 2. The maximum absolute atomic E-state index is 6.17. The van der Waals surface area contributed by atoms with Crippen LogP contribution in [0.3, 0.4) is 0 Å². The lowest BCUT2D eigenvalue weighted by Crippen LogP contribution is -2.12. The number of nitrogens with zero attached hydrogens (tertiary/aromatic N) is 2. The van der Waals surface area contributed by atoms with Crippen LogP contribution in [0.4, 0.5) is 5.95 Å². The zero-order valence-corrected chi connectivity index (χ0v) is 11.9. The van der Waals surface area contributed by atoms with Gasteiger partial charge in [-0.15, -0.1) is 0 Å². The summed E-state index contributed by atoms with van der Waals surface area (Å²) >= 11 is 0. The highest BCUT2D eigenvalue weighted by atomic mass is 16.5. The third-order valence-electron chi connectivity index (χ3n) is 4.32. The minimum atomic E-state index is 0.333. The molecule has 0 aliphatic heterocycles. The maximum Gasteiger partial charge on any atom is 0.201 e. The van der Waals surface area contributed by atoms with Gasteiger partial charge in [-0.25, -0.2) is 4.98 Å². The normalized spacial score (nSPS) is 14.5. The molecule has 1 aliphatic rings. The number of rotatable bonds is 2. The molecule has 4 rings (SSSR count). The van der Waals surface area contributed by atoms with Crippen molar-refractivity contribution in [2.45, 2.75) is 18.9 Å². The van der Waals surface area contributed by atoms with Crippen LogP contribution in [-0.2, 0) is 12.8 Å². The lowest BCUT2D eigenvalue weighted by molar-refractivity contribution is 0.415. The molecule has 1 aliphatic carbocycles. The molecule has 0 unspecified atom stereocenters. The SMILES string of the molecule is COc1ccc2nc(N)n(C3Cc4ccccc4C3)c2c1. The van der Waals surface area contributed by atoms with Crippen molar-refractivity contribution in [2.75, 3.05) is 12.8 Å². The monoisotopic (exact) mass is 279 g/mol. The van der Waals surface area contributed by atoms with Crippen LogP contribution in [-0.4, -0.2) is 16.7 Å². The molecule has 0 atom stereocenters. The summed E-state index contributed by atoms with van der Waals surface area (Å²) in [5.74, 6) is 1.41. The number of imidazole rings is 1. The number of anilines is 1. The fourth-order valence-electron chi connectivity index (χ4n) is 3.32. The van der Waals surface area contributed by atoms with E-state index in [9.17, 15) is 0 Å². The highest BCUT2D eigenvalue weighted by Gasteiger charge is 2.25. The van der Waals surface area contributed by atoms with E-state index in [0.29, 0.717) is 12.0 Å². The van der Waals surface area contributed by atoms with Gasteiger partial charge in [0.2, 0.25) is 5.95 Å². The van der Waals surface area contributed by atoms with Crippen LogP contribution >= 0.6 is 0 Å². The first kappa shape index (κ1) is 12.3. The molecule has 1 heterocycles. The summed E-state index contributed by atoms with van der Waals surface area (Å²) in [7, 11) is 1.68. The number of aromatic nitrogens is 2. The van der Waals surface area contributed by atoms with Crippen LogP contribution < -0.4 is 10.5 Å². The number of hydrogen-bond donors (Lipinski definition) is 1. The lowest BCUT2D eigenvalue weighted by Gasteiger charge is -2.14. The first-order valence-corrected chi connectivity index (χ1v) is 7.14. The van der Waals surface area contributed by atoms with Crippen LogP contribution in [0.1, 0.15) is 17.2 Å². The molecule has 3 aromatic rings. The minimum Gasteiger partial charge on any atom is -0.497 e. The molecule has 1 aromatic heterocycles. The van der Waals surface area contributed by atoms with Crippen molar-refractivity contribution in [1.29, 1.82) is 0 Å². The van der Waals surface area contributed by atoms with E-state index < -0.39 is 0 Å². The summed E-state index contributed by atoms with van der Waals surface area (Å²) in [5, 5.41) is 0. The zero-order valence-electron chi connectivity index (χ0n) is 11.9. The van der Waals surface area contributed by atoms with E-state index >= 15 is 0 Å². The quantitative estimate of drug-likeness (QED) is 0.784. The molecular formula is C17H17N3O. The van der Waals surface area contributed by atoms with Gasteiger partial charge in [-0.1, -0.05) is 24.3 Å². The molecule has 0 amide bonds. The summed E-state index contributed by atoms with van der Waals surface area (Å²) in [6.07, 6.45) is 2.01. The number of hydrogen-bond acceptors (Lipinski definition) is 3. The van der Waals surface area contributed by atoms with Gasteiger partial charge in [-0.2, -0.15) is 0 Å². The average molecular weight is 279 g/mol. The van der Waals surface area contributed by atoms with Gasteiger partial charge in [0.15, 0.2) is 0 Å². The molecule has 0 fully saturated rings. The van der Waals surface area contributed by atoms with Crippen LogP contribution in [0.15, 0.2) is 42.5 Å². The molecule has 2 aromatic carbocycles. The summed E-state index contributed by atoms with van der Waals surface area (Å²) < 4.78 is 7.48. The van der Waals surface area contributed by atoms with E-state index in [1.807, 2.05) is 18.2 Å². The first-order valence-electron chi connectivity index (χ1n) is 7.14. The second kappa shape index (κ2) is 4.52. The predicted molar refractivity (Wildman–Crippen MR) is 83.6 cm³/mol. The standard InChI is InChI=1S/C17H17N3O/c1-21-14-6-7-15-16(10-14)20(17(18)19-15)13-8-11-4-2-3-5-12(11)9-13/h2-7,10,13H,8-9H2,1H3,(H2,18,19). The molecule has 2 N–H and O–H groups in total. The Morgan fingerprint density at radius 1 is 1.14 bits per heavy atom. The van der Waals surface area contributed by atoms with E-state index in [1.54, 1.807) is 7.11 Å². The maximum atomic E-state index is 6.17. The van der Waals surface area contributed by atoms with Gasteiger partial charge in [0, 0.05) is 12.1 Å². The second-order valence-corrected chi connectivity index (χ2v) is 5.53. The highest BCUT2D eigenvalue weighted by molar-refractivity contribution is 5.80. The number of methoxy groups -OCH3 is 1. The van der Waals surface area contributed by atoms with Gasteiger partial charge in [-0.05, 0) is 36.1 Å². The van der Waals surface area contributed by atoms with Crippen molar-refractivity contribution in [3.63, 3.8) is 0 Å². The number of nitrogens with two attached hydrogens (primary N) is 1. The fourth-order valence-corrected chi connectivity index (χ4v) is 3.32. The van der Waals surface area contributed by atoms with Crippen molar-refractivity contribution in [2.24, 2.45) is 0 Å². The van der Waals surface area contributed by atoms with Crippen molar-refractivity contribution in [3.05, 3.63) is 53.6 Å². The predicted octanol–water partition coefficient (Wildman–Crippen LogP) is 2.97. The van der Waals surface area contributed by atoms with Gasteiger partial charge in [0.05, 0.1) is 18.1 Å². The van der Waals surface area contributed by atoms with E-state index in [0.717, 1.165) is 29.6 Å². The molecule has 0 saturated carbocycles. The molecule has 4 nitrogen and oxygen atoms in total. The van der Waals surface area contributed by atoms with Crippen LogP contribution in [0.2, 0.25) is 0 Å². The largest absolute Gasteiger partial charge is 0.497 e. The molecule has 0 radical (unpaired) electrons. The van der Waals surface area contributed by atoms with E-state index in [2.05, 4.69) is 33.8 Å². The second-order valence-electron chi connectivity index (χ2n) is 5.53. The molecule has 0 spiro atoms. The molecule has 0 saturated heterocycles. The van der Waals surface area contributed by atoms with Crippen molar-refractivity contribution >= 4 is 17.0 Å².